The van der Waals surface area contributed by atoms with Crippen LogP contribution in [0.4, 0.5) is 11.4 Å². The summed E-state index contributed by atoms with van der Waals surface area (Å²) in [5, 5.41) is 17.7. The van der Waals surface area contributed by atoms with E-state index in [2.05, 4.69) is 15.2 Å². The number of aromatic nitrogens is 3. The van der Waals surface area contributed by atoms with Gasteiger partial charge >= 0.3 is 0 Å². The molecule has 0 aliphatic carbocycles. The molecule has 0 bridgehead atoms. The van der Waals surface area contributed by atoms with Crippen LogP contribution in [0.5, 0.6) is 0 Å². The van der Waals surface area contributed by atoms with Gasteiger partial charge in [-0.25, -0.2) is 4.98 Å². The fourth-order valence-corrected chi connectivity index (χ4v) is 2.08. The lowest BCUT2D eigenvalue weighted by atomic mass is 10.2. The Hall–Kier alpha value is -2.09. The van der Waals surface area contributed by atoms with E-state index in [0.717, 1.165) is 0 Å². The average molecular weight is 251 g/mol. The third kappa shape index (κ3) is 2.53. The fraction of sp³-hybridized carbons (Fsp3) is 0.111. The summed E-state index contributed by atoms with van der Waals surface area (Å²) < 4.78 is 0. The van der Waals surface area contributed by atoms with Crippen molar-refractivity contribution in [1.29, 1.82) is 0 Å². The van der Waals surface area contributed by atoms with Gasteiger partial charge < -0.3 is 5.73 Å². The maximum absolute atomic E-state index is 10.7. The van der Waals surface area contributed by atoms with E-state index < -0.39 is 4.92 Å². The van der Waals surface area contributed by atoms with Gasteiger partial charge in [0.25, 0.3) is 5.69 Å². The molecule has 0 saturated carbocycles. The molecular weight excluding hydrogens is 242 g/mol. The summed E-state index contributed by atoms with van der Waals surface area (Å²) >= 11 is 1.38. The van der Waals surface area contributed by atoms with Crippen LogP contribution in [0.15, 0.2) is 29.7 Å². The molecule has 0 radical (unpaired) electrons. The second-order valence-corrected chi connectivity index (χ2v) is 4.15. The highest BCUT2D eigenvalue weighted by molar-refractivity contribution is 7.98. The Balaban J connectivity index is 2.16. The molecule has 0 amide bonds. The molecule has 1 heterocycles. The molecule has 0 saturated heterocycles. The van der Waals surface area contributed by atoms with Gasteiger partial charge in [-0.2, -0.15) is 5.10 Å². The summed E-state index contributed by atoms with van der Waals surface area (Å²) in [6, 6.07) is 4.76. The number of nitrogen functional groups attached to an aromatic ring is 1. The first kappa shape index (κ1) is 11.4. The zero-order valence-electron chi connectivity index (χ0n) is 8.66. The Morgan fingerprint density at radius 2 is 2.35 bits per heavy atom. The van der Waals surface area contributed by atoms with Crippen LogP contribution in [0.1, 0.15) is 5.56 Å². The second kappa shape index (κ2) is 4.83. The Kier molecular flexibility index (Phi) is 3.24. The van der Waals surface area contributed by atoms with Gasteiger partial charge in [-0.3, -0.25) is 15.2 Å². The average Bonchev–Trinajstić information content (AvgIpc) is 2.80. The SMILES string of the molecule is Nc1c(CSc2ncn[nH]2)cccc1[N+](=O)[O-]. The molecule has 7 nitrogen and oxygen atoms in total. The van der Waals surface area contributed by atoms with Crippen molar-refractivity contribution >= 4 is 23.1 Å². The van der Waals surface area contributed by atoms with E-state index in [-0.39, 0.29) is 11.4 Å². The number of rotatable bonds is 4. The maximum atomic E-state index is 10.7. The summed E-state index contributed by atoms with van der Waals surface area (Å²) in [4.78, 5) is 14.1. The molecule has 8 heteroatoms. The van der Waals surface area contributed by atoms with Gasteiger partial charge in [0.05, 0.1) is 4.92 Å². The molecule has 0 aliphatic rings. The maximum Gasteiger partial charge on any atom is 0.292 e. The molecule has 0 atom stereocenters. The Bertz CT molecular complexity index is 528. The van der Waals surface area contributed by atoms with E-state index in [1.54, 1.807) is 12.1 Å². The number of thioether (sulfide) groups is 1. The minimum absolute atomic E-state index is 0.0688. The molecular formula is C9H9N5O2S. The zero-order chi connectivity index (χ0) is 12.3. The quantitative estimate of drug-likeness (QED) is 0.369. The van der Waals surface area contributed by atoms with Gasteiger partial charge in [-0.1, -0.05) is 23.9 Å². The van der Waals surface area contributed by atoms with E-state index in [1.807, 2.05) is 0 Å². The first-order valence-electron chi connectivity index (χ1n) is 4.68. The Morgan fingerprint density at radius 1 is 1.53 bits per heavy atom. The van der Waals surface area contributed by atoms with Gasteiger partial charge in [0.2, 0.25) is 0 Å². The van der Waals surface area contributed by atoms with Crippen molar-refractivity contribution in [3.63, 3.8) is 0 Å². The standard InChI is InChI=1S/C9H9N5O2S/c10-8-6(2-1-3-7(8)14(15)16)4-17-9-11-5-12-13-9/h1-3,5H,4,10H2,(H,11,12,13). The minimum Gasteiger partial charge on any atom is -0.393 e. The number of benzene rings is 1. The van der Waals surface area contributed by atoms with E-state index in [9.17, 15) is 10.1 Å². The minimum atomic E-state index is -0.488. The molecule has 0 aliphatic heterocycles. The van der Waals surface area contributed by atoms with Crippen molar-refractivity contribution < 1.29 is 4.92 Å². The summed E-state index contributed by atoms with van der Waals surface area (Å²) in [7, 11) is 0. The number of nitro groups is 1. The number of nitrogens with two attached hydrogens (primary N) is 1. The molecule has 0 spiro atoms. The van der Waals surface area contributed by atoms with Crippen molar-refractivity contribution in [3.8, 4) is 0 Å². The lowest BCUT2D eigenvalue weighted by molar-refractivity contribution is -0.383. The highest BCUT2D eigenvalue weighted by Gasteiger charge is 2.14. The van der Waals surface area contributed by atoms with E-state index in [0.29, 0.717) is 16.5 Å². The van der Waals surface area contributed by atoms with Crippen LogP contribution in [0.25, 0.3) is 0 Å². The lowest BCUT2D eigenvalue weighted by Crippen LogP contribution is -1.99. The number of hydrogen-bond acceptors (Lipinski definition) is 6. The van der Waals surface area contributed by atoms with Crippen LogP contribution in [-0.4, -0.2) is 20.1 Å². The molecule has 3 N–H and O–H groups in total. The third-order valence-corrected chi connectivity index (χ3v) is 3.05. The first-order chi connectivity index (χ1) is 8.18. The van der Waals surface area contributed by atoms with Crippen molar-refractivity contribution in [2.75, 3.05) is 5.73 Å². The monoisotopic (exact) mass is 251 g/mol. The largest absolute Gasteiger partial charge is 0.393 e. The lowest BCUT2D eigenvalue weighted by Gasteiger charge is -2.04. The van der Waals surface area contributed by atoms with Gasteiger partial charge in [0.15, 0.2) is 5.16 Å². The number of hydrogen-bond donors (Lipinski definition) is 2. The number of H-pyrrole nitrogens is 1. The predicted molar refractivity (Wildman–Crippen MR) is 63.5 cm³/mol. The number of aromatic amines is 1. The number of nitrogens with zero attached hydrogens (tertiary/aromatic N) is 3. The van der Waals surface area contributed by atoms with E-state index >= 15 is 0 Å². The van der Waals surface area contributed by atoms with Gasteiger partial charge in [0, 0.05) is 11.8 Å². The van der Waals surface area contributed by atoms with Crippen molar-refractivity contribution in [2.24, 2.45) is 0 Å². The topological polar surface area (TPSA) is 111 Å². The van der Waals surface area contributed by atoms with Gasteiger partial charge in [-0.05, 0) is 5.56 Å². The predicted octanol–water partition coefficient (Wildman–Crippen LogP) is 1.59. The molecule has 0 unspecified atom stereocenters. The highest BCUT2D eigenvalue weighted by Crippen LogP contribution is 2.29. The van der Waals surface area contributed by atoms with Crippen LogP contribution in [0.3, 0.4) is 0 Å². The van der Waals surface area contributed by atoms with Crippen molar-refractivity contribution in [2.45, 2.75) is 10.9 Å². The highest BCUT2D eigenvalue weighted by atomic mass is 32.2. The van der Waals surface area contributed by atoms with Crippen LogP contribution >= 0.6 is 11.8 Å². The molecule has 1 aromatic carbocycles. The van der Waals surface area contributed by atoms with Gasteiger partial charge in [-0.15, -0.1) is 0 Å². The molecule has 2 aromatic rings. The van der Waals surface area contributed by atoms with Crippen LogP contribution in [0, 0.1) is 10.1 Å². The molecule has 17 heavy (non-hydrogen) atoms. The summed E-state index contributed by atoms with van der Waals surface area (Å²) in [5.41, 5.74) is 6.56. The van der Waals surface area contributed by atoms with Gasteiger partial charge in [0.1, 0.15) is 12.0 Å². The van der Waals surface area contributed by atoms with E-state index in [1.165, 1.54) is 24.2 Å². The first-order valence-corrected chi connectivity index (χ1v) is 5.67. The van der Waals surface area contributed by atoms with E-state index in [4.69, 9.17) is 5.73 Å². The number of para-hydroxylation sites is 1. The normalized spacial score (nSPS) is 10.4. The fourth-order valence-electron chi connectivity index (χ4n) is 1.29. The molecule has 0 fully saturated rings. The van der Waals surface area contributed by atoms with Crippen molar-refractivity contribution in [3.05, 3.63) is 40.2 Å². The Labute approximate surface area is 101 Å². The molecule has 88 valence electrons. The van der Waals surface area contributed by atoms with Crippen LogP contribution in [-0.2, 0) is 5.75 Å². The molecule has 2 rings (SSSR count). The van der Waals surface area contributed by atoms with Crippen molar-refractivity contribution in [1.82, 2.24) is 15.2 Å². The number of nitro benzene ring substituents is 1. The zero-order valence-corrected chi connectivity index (χ0v) is 9.48. The molecule has 1 aromatic heterocycles. The summed E-state index contributed by atoms with van der Waals surface area (Å²) in [5.74, 6) is 0.503. The summed E-state index contributed by atoms with van der Waals surface area (Å²) in [6.45, 7) is 0. The third-order valence-electron chi connectivity index (χ3n) is 2.13. The second-order valence-electron chi connectivity index (χ2n) is 3.19. The smallest absolute Gasteiger partial charge is 0.292 e. The summed E-state index contributed by atoms with van der Waals surface area (Å²) in [6.07, 6.45) is 1.40. The number of nitrogens with one attached hydrogen (secondary N) is 1. The number of anilines is 1. The van der Waals surface area contributed by atoms with Crippen LogP contribution < -0.4 is 5.73 Å². The Morgan fingerprint density at radius 3 is 3.00 bits per heavy atom. The van der Waals surface area contributed by atoms with Crippen LogP contribution in [0.2, 0.25) is 0 Å².